The second-order valence-corrected chi connectivity index (χ2v) is 4.48. The van der Waals surface area contributed by atoms with Gasteiger partial charge in [-0.2, -0.15) is 5.26 Å². The molecular weight excluding hydrogens is 271 g/mol. The van der Waals surface area contributed by atoms with Crippen LogP contribution in [-0.2, 0) is 0 Å². The first-order valence-corrected chi connectivity index (χ1v) is 6.23. The van der Waals surface area contributed by atoms with Crippen LogP contribution in [0.3, 0.4) is 0 Å². The van der Waals surface area contributed by atoms with E-state index in [1.165, 1.54) is 26.4 Å². The number of hydrogen-bond acceptors (Lipinski definition) is 4. The summed E-state index contributed by atoms with van der Waals surface area (Å²) in [6, 6.07) is 9.74. The number of nitriles is 1. The number of aromatic nitrogens is 1. The fraction of sp³-hybridized carbons (Fsp3) is 0.125. The largest absolute Gasteiger partial charge is 0.493 e. The molecule has 0 radical (unpaired) electrons. The van der Waals surface area contributed by atoms with Crippen molar-refractivity contribution in [1.29, 1.82) is 5.26 Å². The van der Waals surface area contributed by atoms with E-state index in [2.05, 4.69) is 11.1 Å². The van der Waals surface area contributed by atoms with Crippen molar-refractivity contribution < 1.29 is 13.9 Å². The highest BCUT2D eigenvalue weighted by atomic mass is 19.1. The topological polar surface area (TPSA) is 55.1 Å². The van der Waals surface area contributed by atoms with Crippen molar-refractivity contribution in [2.24, 2.45) is 0 Å². The standard InChI is InChI=1S/C16H11FN2O2/c1-20-15-6-11-12(8-18)10-4-3-9(17)5-13(10)19-14(11)7-16(15)21-2/h3-7H,1-2H3. The first-order valence-electron chi connectivity index (χ1n) is 6.23. The summed E-state index contributed by atoms with van der Waals surface area (Å²) < 4.78 is 23.9. The van der Waals surface area contributed by atoms with Crippen LogP contribution in [0, 0.1) is 17.1 Å². The molecule has 0 atom stereocenters. The molecule has 3 rings (SSSR count). The molecule has 0 unspecified atom stereocenters. The van der Waals surface area contributed by atoms with Crippen LogP contribution in [0.15, 0.2) is 30.3 Å². The third-order valence-corrected chi connectivity index (χ3v) is 3.35. The van der Waals surface area contributed by atoms with E-state index in [-0.39, 0.29) is 0 Å². The van der Waals surface area contributed by atoms with E-state index in [1.807, 2.05) is 0 Å². The zero-order chi connectivity index (χ0) is 15.0. The van der Waals surface area contributed by atoms with Gasteiger partial charge in [-0.15, -0.1) is 0 Å². The molecular formula is C16H11FN2O2. The maximum atomic E-state index is 13.4. The lowest BCUT2D eigenvalue weighted by Crippen LogP contribution is -1.94. The quantitative estimate of drug-likeness (QED) is 0.676. The number of methoxy groups -OCH3 is 2. The van der Waals surface area contributed by atoms with Crippen molar-refractivity contribution in [2.75, 3.05) is 14.2 Å². The Labute approximate surface area is 120 Å². The smallest absolute Gasteiger partial charge is 0.162 e. The van der Waals surface area contributed by atoms with Crippen molar-refractivity contribution >= 4 is 21.8 Å². The van der Waals surface area contributed by atoms with Gasteiger partial charge in [0.15, 0.2) is 11.5 Å². The molecule has 0 aliphatic heterocycles. The van der Waals surface area contributed by atoms with Crippen molar-refractivity contribution in [3.8, 4) is 17.6 Å². The number of nitrogens with zero attached hydrogens (tertiary/aromatic N) is 2. The van der Waals surface area contributed by atoms with Crippen LogP contribution >= 0.6 is 0 Å². The monoisotopic (exact) mass is 282 g/mol. The van der Waals surface area contributed by atoms with Gasteiger partial charge in [-0.1, -0.05) is 0 Å². The number of fused-ring (bicyclic) bond motifs is 2. The van der Waals surface area contributed by atoms with Gasteiger partial charge < -0.3 is 9.47 Å². The Morgan fingerprint density at radius 1 is 1.00 bits per heavy atom. The third-order valence-electron chi connectivity index (χ3n) is 3.35. The molecule has 4 nitrogen and oxygen atoms in total. The maximum absolute atomic E-state index is 13.4. The number of hydrogen-bond donors (Lipinski definition) is 0. The summed E-state index contributed by atoms with van der Waals surface area (Å²) in [5.41, 5.74) is 1.43. The van der Waals surface area contributed by atoms with Crippen molar-refractivity contribution in [2.45, 2.75) is 0 Å². The summed E-state index contributed by atoms with van der Waals surface area (Å²) in [7, 11) is 3.05. The van der Waals surface area contributed by atoms with Crippen molar-refractivity contribution in [3.05, 3.63) is 41.7 Å². The van der Waals surface area contributed by atoms with Gasteiger partial charge >= 0.3 is 0 Å². The highest BCUT2D eigenvalue weighted by molar-refractivity contribution is 6.01. The lowest BCUT2D eigenvalue weighted by atomic mass is 10.0. The van der Waals surface area contributed by atoms with Gasteiger partial charge in [0.2, 0.25) is 0 Å². The van der Waals surface area contributed by atoms with E-state index in [1.54, 1.807) is 18.2 Å². The zero-order valence-electron chi connectivity index (χ0n) is 11.5. The molecule has 5 heteroatoms. The summed E-state index contributed by atoms with van der Waals surface area (Å²) >= 11 is 0. The first kappa shape index (κ1) is 13.1. The summed E-state index contributed by atoms with van der Waals surface area (Å²) in [6.07, 6.45) is 0. The van der Waals surface area contributed by atoms with Gasteiger partial charge in [-0.25, -0.2) is 9.37 Å². The average Bonchev–Trinajstić information content (AvgIpc) is 2.51. The highest BCUT2D eigenvalue weighted by Crippen LogP contribution is 2.35. The maximum Gasteiger partial charge on any atom is 0.162 e. The number of benzene rings is 2. The molecule has 0 spiro atoms. The molecule has 1 aromatic heterocycles. The summed E-state index contributed by atoms with van der Waals surface area (Å²) in [5, 5.41) is 10.7. The van der Waals surface area contributed by atoms with E-state index in [0.717, 1.165) is 0 Å². The second-order valence-electron chi connectivity index (χ2n) is 4.48. The number of pyridine rings is 1. The van der Waals surface area contributed by atoms with Gasteiger partial charge in [-0.05, 0) is 18.2 Å². The Kier molecular flexibility index (Phi) is 3.07. The molecule has 0 amide bonds. The van der Waals surface area contributed by atoms with Gasteiger partial charge in [0, 0.05) is 22.9 Å². The van der Waals surface area contributed by atoms with Gasteiger partial charge in [-0.3, -0.25) is 0 Å². The fourth-order valence-corrected chi connectivity index (χ4v) is 2.37. The Morgan fingerprint density at radius 3 is 2.33 bits per heavy atom. The van der Waals surface area contributed by atoms with E-state index >= 15 is 0 Å². The highest BCUT2D eigenvalue weighted by Gasteiger charge is 2.13. The molecule has 0 fully saturated rings. The Bertz CT molecular complexity index is 900. The van der Waals surface area contributed by atoms with Crippen LogP contribution in [0.5, 0.6) is 11.5 Å². The third kappa shape index (κ3) is 2.01. The van der Waals surface area contributed by atoms with Crippen LogP contribution in [0.1, 0.15) is 5.56 Å². The lowest BCUT2D eigenvalue weighted by Gasteiger charge is -2.11. The molecule has 0 saturated heterocycles. The molecule has 0 aliphatic rings. The number of halogens is 1. The average molecular weight is 282 g/mol. The fourth-order valence-electron chi connectivity index (χ4n) is 2.37. The normalized spacial score (nSPS) is 10.6. The minimum atomic E-state index is -0.390. The molecule has 0 aliphatic carbocycles. The Hall–Kier alpha value is -2.87. The van der Waals surface area contributed by atoms with E-state index in [4.69, 9.17) is 9.47 Å². The second kappa shape index (κ2) is 4.91. The molecule has 0 saturated carbocycles. The molecule has 0 N–H and O–H groups in total. The van der Waals surface area contributed by atoms with E-state index in [0.29, 0.717) is 38.9 Å². The van der Waals surface area contributed by atoms with E-state index in [9.17, 15) is 9.65 Å². The van der Waals surface area contributed by atoms with E-state index < -0.39 is 5.82 Å². The van der Waals surface area contributed by atoms with Crippen LogP contribution in [0.4, 0.5) is 4.39 Å². The molecule has 0 bridgehead atoms. The SMILES string of the molecule is COc1cc2nc3cc(F)ccc3c(C#N)c2cc1OC. The summed E-state index contributed by atoms with van der Waals surface area (Å²) in [4.78, 5) is 4.40. The number of rotatable bonds is 2. The zero-order valence-corrected chi connectivity index (χ0v) is 11.5. The summed E-state index contributed by atoms with van der Waals surface area (Å²) in [6.45, 7) is 0. The predicted molar refractivity (Wildman–Crippen MR) is 77.0 cm³/mol. The number of ether oxygens (including phenoxy) is 2. The molecule has 104 valence electrons. The molecule has 2 aromatic carbocycles. The molecule has 3 aromatic rings. The lowest BCUT2D eigenvalue weighted by molar-refractivity contribution is 0.356. The Morgan fingerprint density at radius 2 is 1.67 bits per heavy atom. The molecule has 1 heterocycles. The van der Waals surface area contributed by atoms with Crippen molar-refractivity contribution in [3.63, 3.8) is 0 Å². The van der Waals surface area contributed by atoms with Gasteiger partial charge in [0.25, 0.3) is 0 Å². The minimum absolute atomic E-state index is 0.390. The Balaban J connectivity index is 2.49. The van der Waals surface area contributed by atoms with Crippen LogP contribution < -0.4 is 9.47 Å². The van der Waals surface area contributed by atoms with Gasteiger partial charge in [0.1, 0.15) is 11.9 Å². The first-order chi connectivity index (χ1) is 10.2. The van der Waals surface area contributed by atoms with Crippen LogP contribution in [-0.4, -0.2) is 19.2 Å². The molecule has 21 heavy (non-hydrogen) atoms. The van der Waals surface area contributed by atoms with Crippen LogP contribution in [0.25, 0.3) is 21.8 Å². The minimum Gasteiger partial charge on any atom is -0.493 e. The van der Waals surface area contributed by atoms with Crippen LogP contribution in [0.2, 0.25) is 0 Å². The van der Waals surface area contributed by atoms with Gasteiger partial charge in [0.05, 0.1) is 30.8 Å². The predicted octanol–water partition coefficient (Wildman–Crippen LogP) is 3.42. The van der Waals surface area contributed by atoms with Crippen molar-refractivity contribution in [1.82, 2.24) is 4.98 Å². The summed E-state index contributed by atoms with van der Waals surface area (Å²) in [5.74, 6) is 0.639.